The van der Waals surface area contributed by atoms with Crippen LogP contribution in [0.1, 0.15) is 12.6 Å². The highest BCUT2D eigenvalue weighted by Crippen LogP contribution is 2.31. The molecule has 0 amide bonds. The summed E-state index contributed by atoms with van der Waals surface area (Å²) in [6.45, 7) is -0.156. The number of aliphatic hydroxyl groups is 5. The molecule has 1 aliphatic heterocycles. The minimum Gasteiger partial charge on any atom is -0.394 e. The summed E-state index contributed by atoms with van der Waals surface area (Å²) in [5, 5.41) is 49.8. The van der Waals surface area contributed by atoms with Crippen molar-refractivity contribution in [2.45, 2.75) is 37.3 Å². The largest absolute Gasteiger partial charge is 0.394 e. The Bertz CT molecular complexity index is 695. The predicted octanol–water partition coefficient (Wildman–Crippen LogP) is -2.45. The number of hydrogen-bond acceptors (Lipinski definition) is 10. The summed E-state index contributed by atoms with van der Waals surface area (Å²) in [6.07, 6.45) is -2.92. The summed E-state index contributed by atoms with van der Waals surface area (Å²) in [7, 11) is 0. The Kier molecular flexibility index (Phi) is 4.89. The molecule has 2 aromatic heterocycles. The van der Waals surface area contributed by atoms with E-state index in [0.29, 0.717) is 17.0 Å². The van der Waals surface area contributed by atoms with Crippen LogP contribution < -0.4 is 5.32 Å². The maximum absolute atomic E-state index is 10.1. The third kappa shape index (κ3) is 3.05. The summed E-state index contributed by atoms with van der Waals surface area (Å²) >= 11 is 0. The molecule has 1 aliphatic rings. The third-order valence-electron chi connectivity index (χ3n) is 3.85. The van der Waals surface area contributed by atoms with Gasteiger partial charge in [0.05, 0.1) is 12.9 Å². The molecule has 0 aromatic carbocycles. The molecule has 0 saturated carbocycles. The molecule has 4 atom stereocenters. The summed E-state index contributed by atoms with van der Waals surface area (Å²) in [4.78, 5) is 12.4. The number of fused-ring (bicyclic) bond motifs is 1. The molecule has 0 spiro atoms. The number of rotatable bonds is 6. The fourth-order valence-corrected chi connectivity index (χ4v) is 2.60. The second kappa shape index (κ2) is 6.93. The van der Waals surface area contributed by atoms with Gasteiger partial charge in [0.1, 0.15) is 24.6 Å². The maximum atomic E-state index is 10.1. The summed E-state index contributed by atoms with van der Waals surface area (Å²) in [5.41, 5.74) is 0.773. The molecular weight excluding hydrogens is 322 g/mol. The zero-order valence-corrected chi connectivity index (χ0v) is 12.6. The van der Waals surface area contributed by atoms with Gasteiger partial charge < -0.3 is 35.6 Å². The molecule has 3 rings (SSSR count). The van der Waals surface area contributed by atoms with Crippen LogP contribution in [-0.2, 0) is 4.74 Å². The van der Waals surface area contributed by atoms with Crippen molar-refractivity contribution in [3.05, 3.63) is 12.7 Å². The lowest BCUT2D eigenvalue weighted by molar-refractivity contribution is -0.0511. The van der Waals surface area contributed by atoms with Crippen LogP contribution in [0, 0.1) is 0 Å². The molecule has 11 heteroatoms. The van der Waals surface area contributed by atoms with Gasteiger partial charge in [-0.1, -0.05) is 0 Å². The molecule has 2 aromatic rings. The highest BCUT2D eigenvalue weighted by molar-refractivity contribution is 5.82. The van der Waals surface area contributed by atoms with Crippen molar-refractivity contribution in [3.63, 3.8) is 0 Å². The first kappa shape index (κ1) is 17.0. The van der Waals surface area contributed by atoms with Crippen LogP contribution in [-0.4, -0.2) is 82.8 Å². The molecule has 3 heterocycles. The highest BCUT2D eigenvalue weighted by Gasteiger charge is 2.44. The van der Waals surface area contributed by atoms with Crippen molar-refractivity contribution in [2.24, 2.45) is 0 Å². The van der Waals surface area contributed by atoms with E-state index in [0.717, 1.165) is 0 Å². The molecule has 24 heavy (non-hydrogen) atoms. The minimum atomic E-state index is -1.42. The molecule has 6 N–H and O–H groups in total. The number of aromatic nitrogens is 4. The standard InChI is InChI=1S/C13H19N5O6/c19-3-6-9(22)10(23)13(24-6)18-5-17-8-11(14-2-1-7(20)21)15-4-16-12(8)18/h4-7,9-10,13,19-23H,1-3H2,(H,14,15,16)/t6-,9-,10-,13+/m1/s1. The van der Waals surface area contributed by atoms with Crippen LogP contribution >= 0.6 is 0 Å². The molecule has 1 saturated heterocycles. The molecule has 0 bridgehead atoms. The Morgan fingerprint density at radius 1 is 1.21 bits per heavy atom. The maximum Gasteiger partial charge on any atom is 0.167 e. The highest BCUT2D eigenvalue weighted by atomic mass is 16.6. The minimum absolute atomic E-state index is 0.112. The lowest BCUT2D eigenvalue weighted by atomic mass is 10.1. The first-order chi connectivity index (χ1) is 11.5. The fourth-order valence-electron chi connectivity index (χ4n) is 2.60. The van der Waals surface area contributed by atoms with Crippen LogP contribution in [0.2, 0.25) is 0 Å². The Labute approximate surface area is 136 Å². The van der Waals surface area contributed by atoms with Crippen molar-refractivity contribution in [1.29, 1.82) is 0 Å². The van der Waals surface area contributed by atoms with Crippen molar-refractivity contribution < 1.29 is 30.3 Å². The summed E-state index contributed by atoms with van der Waals surface area (Å²) in [5.74, 6) is 0.395. The van der Waals surface area contributed by atoms with Gasteiger partial charge in [-0.05, 0) is 0 Å². The van der Waals surface area contributed by atoms with Gasteiger partial charge >= 0.3 is 0 Å². The van der Waals surface area contributed by atoms with Crippen molar-refractivity contribution in [1.82, 2.24) is 19.5 Å². The number of hydrogen-bond donors (Lipinski definition) is 6. The van der Waals surface area contributed by atoms with E-state index in [4.69, 9.17) is 14.9 Å². The lowest BCUT2D eigenvalue weighted by Gasteiger charge is -2.16. The normalized spacial score (nSPS) is 27.2. The van der Waals surface area contributed by atoms with E-state index in [1.165, 1.54) is 17.2 Å². The number of imidazole rings is 1. The topological polar surface area (TPSA) is 166 Å². The van der Waals surface area contributed by atoms with Gasteiger partial charge in [-0.15, -0.1) is 0 Å². The van der Waals surface area contributed by atoms with Gasteiger partial charge in [0, 0.05) is 13.0 Å². The van der Waals surface area contributed by atoms with E-state index in [2.05, 4.69) is 20.3 Å². The van der Waals surface area contributed by atoms with Crippen molar-refractivity contribution >= 4 is 17.0 Å². The Morgan fingerprint density at radius 3 is 2.67 bits per heavy atom. The van der Waals surface area contributed by atoms with E-state index in [9.17, 15) is 15.3 Å². The van der Waals surface area contributed by atoms with E-state index < -0.39 is 37.4 Å². The Balaban J connectivity index is 1.86. The van der Waals surface area contributed by atoms with Gasteiger partial charge in [0.25, 0.3) is 0 Å². The number of anilines is 1. The van der Waals surface area contributed by atoms with Crippen molar-refractivity contribution in [2.75, 3.05) is 18.5 Å². The van der Waals surface area contributed by atoms with Crippen LogP contribution in [0.3, 0.4) is 0 Å². The second-order valence-corrected chi connectivity index (χ2v) is 5.47. The number of aliphatic hydroxyl groups excluding tert-OH is 4. The van der Waals surface area contributed by atoms with Crippen molar-refractivity contribution in [3.8, 4) is 0 Å². The average molecular weight is 341 g/mol. The van der Waals surface area contributed by atoms with Crippen LogP contribution in [0.15, 0.2) is 12.7 Å². The van der Waals surface area contributed by atoms with E-state index in [1.54, 1.807) is 0 Å². The summed E-state index contributed by atoms with van der Waals surface area (Å²) < 4.78 is 6.92. The lowest BCUT2D eigenvalue weighted by Crippen LogP contribution is -2.33. The van der Waals surface area contributed by atoms with E-state index in [-0.39, 0.29) is 13.0 Å². The Morgan fingerprint density at radius 2 is 2.00 bits per heavy atom. The van der Waals surface area contributed by atoms with Gasteiger partial charge in [0.2, 0.25) is 0 Å². The van der Waals surface area contributed by atoms with Gasteiger partial charge in [-0.3, -0.25) is 4.57 Å². The Hall–Kier alpha value is -1.89. The number of ether oxygens (including phenoxy) is 1. The van der Waals surface area contributed by atoms with E-state index in [1.807, 2.05) is 0 Å². The van der Waals surface area contributed by atoms with Gasteiger partial charge in [-0.2, -0.15) is 0 Å². The molecule has 0 radical (unpaired) electrons. The molecule has 1 fully saturated rings. The van der Waals surface area contributed by atoms with Crippen LogP contribution in [0.4, 0.5) is 5.82 Å². The molecular formula is C13H19N5O6. The fraction of sp³-hybridized carbons (Fsp3) is 0.615. The number of nitrogens with zero attached hydrogens (tertiary/aromatic N) is 4. The molecule has 132 valence electrons. The van der Waals surface area contributed by atoms with E-state index >= 15 is 0 Å². The van der Waals surface area contributed by atoms with Crippen LogP contribution in [0.25, 0.3) is 11.2 Å². The number of nitrogens with one attached hydrogen (secondary N) is 1. The smallest absolute Gasteiger partial charge is 0.167 e. The zero-order valence-electron chi connectivity index (χ0n) is 12.6. The van der Waals surface area contributed by atoms with Gasteiger partial charge in [0.15, 0.2) is 29.5 Å². The molecule has 0 aliphatic carbocycles. The monoisotopic (exact) mass is 341 g/mol. The SMILES string of the molecule is OC[C@H]1O[C@H](n2cnc3c(NCCC(O)O)ncnc32)[C@H](O)[C@@H]1O. The first-order valence-corrected chi connectivity index (χ1v) is 7.43. The predicted molar refractivity (Wildman–Crippen MR) is 79.7 cm³/mol. The zero-order chi connectivity index (χ0) is 17.3. The average Bonchev–Trinajstić information content (AvgIpc) is 3.10. The first-order valence-electron chi connectivity index (χ1n) is 7.43. The molecule has 11 nitrogen and oxygen atoms in total. The third-order valence-corrected chi connectivity index (χ3v) is 3.85. The summed E-state index contributed by atoms with van der Waals surface area (Å²) in [6, 6.07) is 0. The quantitative estimate of drug-likeness (QED) is 0.310. The van der Waals surface area contributed by atoms with Crippen LogP contribution in [0.5, 0.6) is 0 Å². The molecule has 0 unspecified atom stereocenters. The second-order valence-electron chi connectivity index (χ2n) is 5.47. The van der Waals surface area contributed by atoms with Gasteiger partial charge in [-0.25, -0.2) is 15.0 Å².